The van der Waals surface area contributed by atoms with Crippen LogP contribution < -0.4 is 5.32 Å². The van der Waals surface area contributed by atoms with Gasteiger partial charge in [0, 0.05) is 19.5 Å². The summed E-state index contributed by atoms with van der Waals surface area (Å²) in [5.41, 5.74) is 0. The number of sulfonamides is 1. The van der Waals surface area contributed by atoms with E-state index < -0.39 is 10.0 Å². The minimum absolute atomic E-state index is 0.133. The first-order valence-electron chi connectivity index (χ1n) is 6.67. The number of unbranched alkanes of at least 4 members (excludes halogenated alkanes) is 1. The second-order valence-electron chi connectivity index (χ2n) is 4.63. The van der Waals surface area contributed by atoms with E-state index in [1.807, 2.05) is 6.92 Å². The maximum Gasteiger partial charge on any atom is 0.221 e. The lowest BCUT2D eigenvalue weighted by Gasteiger charge is -2.18. The molecule has 0 radical (unpaired) electrons. The average Bonchev–Trinajstić information content (AvgIpc) is 2.86. The molecule has 0 aliphatic carbocycles. The third kappa shape index (κ3) is 6.21. The molecule has 6 nitrogen and oxygen atoms in total. The molecule has 1 heterocycles. The molecular formula is C13H22N2O4S. The van der Waals surface area contributed by atoms with Crippen molar-refractivity contribution in [3.05, 3.63) is 24.2 Å². The molecule has 0 aromatic carbocycles. The standard InChI is InChI=1S/C13H22N2O4S/c1-3-4-8-14-13(16)7-9-15(20(2,17)18)11-12-6-5-10-19-12/h5-6,10H,3-4,7-9,11H2,1-2H3,(H,14,16). The van der Waals surface area contributed by atoms with Crippen LogP contribution in [0.1, 0.15) is 31.9 Å². The Labute approximate surface area is 120 Å². The largest absolute Gasteiger partial charge is 0.468 e. The monoisotopic (exact) mass is 302 g/mol. The number of nitrogens with one attached hydrogen (secondary N) is 1. The summed E-state index contributed by atoms with van der Waals surface area (Å²) in [7, 11) is -3.37. The van der Waals surface area contributed by atoms with Crippen molar-refractivity contribution >= 4 is 15.9 Å². The van der Waals surface area contributed by atoms with Gasteiger partial charge in [0.1, 0.15) is 5.76 Å². The predicted octanol–water partition coefficient (Wildman–Crippen LogP) is 1.35. The van der Waals surface area contributed by atoms with Crippen LogP contribution in [0.3, 0.4) is 0 Å². The third-order valence-electron chi connectivity index (χ3n) is 2.82. The van der Waals surface area contributed by atoms with Crippen LogP contribution >= 0.6 is 0 Å². The maximum absolute atomic E-state index is 11.7. The first-order chi connectivity index (χ1) is 9.43. The minimum Gasteiger partial charge on any atom is -0.468 e. The van der Waals surface area contributed by atoms with E-state index in [1.54, 1.807) is 12.1 Å². The molecule has 0 aliphatic rings. The van der Waals surface area contributed by atoms with Crippen molar-refractivity contribution in [3.63, 3.8) is 0 Å². The zero-order valence-corrected chi connectivity index (χ0v) is 12.8. The number of hydrogen-bond donors (Lipinski definition) is 1. The SMILES string of the molecule is CCCCNC(=O)CCN(Cc1ccco1)S(C)(=O)=O. The lowest BCUT2D eigenvalue weighted by molar-refractivity contribution is -0.121. The molecule has 0 aliphatic heterocycles. The summed E-state index contributed by atoms with van der Waals surface area (Å²) >= 11 is 0. The lowest BCUT2D eigenvalue weighted by atomic mass is 10.3. The van der Waals surface area contributed by atoms with Gasteiger partial charge in [-0.1, -0.05) is 13.3 Å². The Morgan fingerprint density at radius 3 is 2.75 bits per heavy atom. The van der Waals surface area contributed by atoms with Crippen molar-refractivity contribution in [2.75, 3.05) is 19.3 Å². The van der Waals surface area contributed by atoms with Crippen LogP contribution in [-0.4, -0.2) is 38.0 Å². The van der Waals surface area contributed by atoms with E-state index >= 15 is 0 Å². The van der Waals surface area contributed by atoms with Gasteiger partial charge in [0.2, 0.25) is 15.9 Å². The van der Waals surface area contributed by atoms with Gasteiger partial charge in [-0.25, -0.2) is 8.42 Å². The van der Waals surface area contributed by atoms with Gasteiger partial charge in [-0.3, -0.25) is 4.79 Å². The molecule has 0 saturated heterocycles. The first-order valence-corrected chi connectivity index (χ1v) is 8.52. The number of amides is 1. The molecule has 0 bridgehead atoms. The van der Waals surface area contributed by atoms with Gasteiger partial charge in [0.25, 0.3) is 0 Å². The molecule has 0 fully saturated rings. The van der Waals surface area contributed by atoms with Crippen LogP contribution in [0.15, 0.2) is 22.8 Å². The van der Waals surface area contributed by atoms with E-state index in [0.717, 1.165) is 19.1 Å². The highest BCUT2D eigenvalue weighted by Crippen LogP contribution is 2.09. The summed E-state index contributed by atoms with van der Waals surface area (Å²) in [4.78, 5) is 11.6. The number of nitrogens with zero attached hydrogens (tertiary/aromatic N) is 1. The Hall–Kier alpha value is -1.34. The van der Waals surface area contributed by atoms with E-state index in [1.165, 1.54) is 10.6 Å². The van der Waals surface area contributed by atoms with Crippen molar-refractivity contribution in [2.45, 2.75) is 32.7 Å². The second-order valence-corrected chi connectivity index (χ2v) is 6.61. The van der Waals surface area contributed by atoms with Crippen molar-refractivity contribution in [2.24, 2.45) is 0 Å². The Bertz CT molecular complexity index is 496. The fourth-order valence-electron chi connectivity index (χ4n) is 1.66. The molecule has 0 spiro atoms. The molecule has 7 heteroatoms. The number of hydrogen-bond acceptors (Lipinski definition) is 4. The number of rotatable bonds is 9. The van der Waals surface area contributed by atoms with Crippen LogP contribution in [0.5, 0.6) is 0 Å². The molecule has 1 rings (SSSR count). The van der Waals surface area contributed by atoms with Gasteiger partial charge < -0.3 is 9.73 Å². The molecule has 20 heavy (non-hydrogen) atoms. The van der Waals surface area contributed by atoms with Gasteiger partial charge in [-0.05, 0) is 18.6 Å². The molecule has 1 N–H and O–H groups in total. The lowest BCUT2D eigenvalue weighted by Crippen LogP contribution is -2.34. The van der Waals surface area contributed by atoms with Crippen molar-refractivity contribution in [3.8, 4) is 0 Å². The van der Waals surface area contributed by atoms with Gasteiger partial charge in [-0.2, -0.15) is 4.31 Å². The minimum atomic E-state index is -3.37. The molecule has 0 unspecified atom stereocenters. The normalized spacial score (nSPS) is 11.8. The fourth-order valence-corrected chi connectivity index (χ4v) is 2.44. The van der Waals surface area contributed by atoms with Crippen LogP contribution in [-0.2, 0) is 21.4 Å². The number of carbonyl (C=O) groups excluding carboxylic acids is 1. The van der Waals surface area contributed by atoms with Gasteiger partial charge in [-0.15, -0.1) is 0 Å². The van der Waals surface area contributed by atoms with E-state index in [9.17, 15) is 13.2 Å². The summed E-state index contributed by atoms with van der Waals surface area (Å²) in [6.07, 6.45) is 4.71. The second kappa shape index (κ2) is 8.06. The molecule has 0 atom stereocenters. The van der Waals surface area contributed by atoms with E-state index in [-0.39, 0.29) is 25.4 Å². The zero-order valence-electron chi connectivity index (χ0n) is 12.0. The Balaban J connectivity index is 2.48. The molecule has 1 amide bonds. The first kappa shape index (κ1) is 16.7. The summed E-state index contributed by atoms with van der Waals surface area (Å²) in [6, 6.07) is 3.41. The zero-order chi connectivity index (χ0) is 15.0. The third-order valence-corrected chi connectivity index (χ3v) is 4.07. The molecule has 114 valence electrons. The summed E-state index contributed by atoms with van der Waals surface area (Å²) in [5, 5.41) is 2.77. The van der Waals surface area contributed by atoms with Gasteiger partial charge in [0.05, 0.1) is 19.1 Å². The van der Waals surface area contributed by atoms with Crippen LogP contribution in [0.25, 0.3) is 0 Å². The average molecular weight is 302 g/mol. The quantitative estimate of drug-likeness (QED) is 0.698. The van der Waals surface area contributed by atoms with Crippen molar-refractivity contribution in [1.29, 1.82) is 0 Å². The van der Waals surface area contributed by atoms with Crippen molar-refractivity contribution in [1.82, 2.24) is 9.62 Å². The van der Waals surface area contributed by atoms with E-state index in [4.69, 9.17) is 4.42 Å². The summed E-state index contributed by atoms with van der Waals surface area (Å²) < 4.78 is 29.7. The molecule has 1 aromatic heterocycles. The smallest absolute Gasteiger partial charge is 0.221 e. The van der Waals surface area contributed by atoms with E-state index in [0.29, 0.717) is 12.3 Å². The number of carbonyl (C=O) groups is 1. The highest BCUT2D eigenvalue weighted by atomic mass is 32.2. The van der Waals surface area contributed by atoms with Crippen LogP contribution in [0, 0.1) is 0 Å². The Morgan fingerprint density at radius 1 is 1.45 bits per heavy atom. The summed E-state index contributed by atoms with van der Waals surface area (Å²) in [6.45, 7) is 2.97. The predicted molar refractivity (Wildman–Crippen MR) is 76.5 cm³/mol. The van der Waals surface area contributed by atoms with Crippen LogP contribution in [0.2, 0.25) is 0 Å². The van der Waals surface area contributed by atoms with Gasteiger partial charge >= 0.3 is 0 Å². The fraction of sp³-hybridized carbons (Fsp3) is 0.615. The Kier molecular flexibility index (Phi) is 6.74. The highest BCUT2D eigenvalue weighted by Gasteiger charge is 2.19. The van der Waals surface area contributed by atoms with Crippen LogP contribution in [0.4, 0.5) is 0 Å². The maximum atomic E-state index is 11.7. The summed E-state index contributed by atoms with van der Waals surface area (Å²) in [5.74, 6) is 0.424. The topological polar surface area (TPSA) is 79.6 Å². The molecule has 1 aromatic rings. The van der Waals surface area contributed by atoms with Gasteiger partial charge in [0.15, 0.2) is 0 Å². The molecule has 0 saturated carbocycles. The van der Waals surface area contributed by atoms with E-state index in [2.05, 4.69) is 5.32 Å². The Morgan fingerprint density at radius 2 is 2.20 bits per heavy atom. The highest BCUT2D eigenvalue weighted by molar-refractivity contribution is 7.88. The number of furan rings is 1. The molecular weight excluding hydrogens is 280 g/mol. The van der Waals surface area contributed by atoms with Crippen molar-refractivity contribution < 1.29 is 17.6 Å².